The van der Waals surface area contributed by atoms with Crippen molar-refractivity contribution in [1.29, 1.82) is 0 Å². The Bertz CT molecular complexity index is 378. The van der Waals surface area contributed by atoms with Crippen molar-refractivity contribution in [2.75, 3.05) is 5.32 Å². The monoisotopic (exact) mass is 274 g/mol. The molecule has 104 valence electrons. The van der Waals surface area contributed by atoms with Crippen LogP contribution in [0.1, 0.15) is 38.8 Å². The molecule has 0 aliphatic heterocycles. The SMILES string of the molecule is CCCc1cc(NC(=O)C(N)CCC)n(C)n1.Cl. The van der Waals surface area contributed by atoms with E-state index in [4.69, 9.17) is 5.73 Å². The number of hydrogen-bond acceptors (Lipinski definition) is 3. The van der Waals surface area contributed by atoms with Crippen LogP contribution in [0, 0.1) is 0 Å². The highest BCUT2D eigenvalue weighted by Gasteiger charge is 2.14. The van der Waals surface area contributed by atoms with Gasteiger partial charge in [0.15, 0.2) is 0 Å². The highest BCUT2D eigenvalue weighted by molar-refractivity contribution is 5.93. The third-order valence-electron chi connectivity index (χ3n) is 2.62. The van der Waals surface area contributed by atoms with Crippen LogP contribution in [0.5, 0.6) is 0 Å². The summed E-state index contributed by atoms with van der Waals surface area (Å²) in [6.07, 6.45) is 3.57. The second-order valence-electron chi connectivity index (χ2n) is 4.28. The predicted octanol–water partition coefficient (Wildman–Crippen LogP) is 1.86. The molecule has 0 bridgehead atoms. The first-order chi connectivity index (χ1) is 8.08. The number of carbonyl (C=O) groups is 1. The second kappa shape index (κ2) is 8.11. The minimum Gasteiger partial charge on any atom is -0.320 e. The fourth-order valence-electron chi connectivity index (χ4n) is 1.68. The van der Waals surface area contributed by atoms with Crippen molar-refractivity contribution in [3.8, 4) is 0 Å². The molecule has 1 unspecified atom stereocenters. The zero-order valence-corrected chi connectivity index (χ0v) is 12.1. The lowest BCUT2D eigenvalue weighted by Gasteiger charge is -2.10. The Morgan fingerprint density at radius 1 is 1.50 bits per heavy atom. The standard InChI is InChI=1S/C12H22N4O.ClH/c1-4-6-9-8-11(16(3)15-9)14-12(17)10(13)7-5-2;/h8,10H,4-7,13H2,1-3H3,(H,14,17);1H. The van der Waals surface area contributed by atoms with Crippen LogP contribution in [0.15, 0.2) is 6.07 Å². The first kappa shape index (κ1) is 16.9. The summed E-state index contributed by atoms with van der Waals surface area (Å²) in [6.45, 7) is 4.11. The van der Waals surface area contributed by atoms with E-state index in [0.29, 0.717) is 12.2 Å². The molecular formula is C12H23ClN4O. The van der Waals surface area contributed by atoms with Gasteiger partial charge in [0.05, 0.1) is 11.7 Å². The first-order valence-electron chi connectivity index (χ1n) is 6.17. The van der Waals surface area contributed by atoms with Crippen molar-refractivity contribution < 1.29 is 4.79 Å². The van der Waals surface area contributed by atoms with Crippen LogP contribution < -0.4 is 11.1 Å². The number of nitrogens with zero attached hydrogens (tertiary/aromatic N) is 2. The number of aryl methyl sites for hydroxylation is 2. The summed E-state index contributed by atoms with van der Waals surface area (Å²) in [7, 11) is 1.82. The Morgan fingerprint density at radius 2 is 2.17 bits per heavy atom. The molecule has 0 saturated heterocycles. The van der Waals surface area contributed by atoms with Gasteiger partial charge in [-0.25, -0.2) is 0 Å². The normalized spacial score (nSPS) is 11.8. The van der Waals surface area contributed by atoms with E-state index >= 15 is 0 Å². The number of amides is 1. The van der Waals surface area contributed by atoms with E-state index in [2.05, 4.69) is 17.3 Å². The third-order valence-corrected chi connectivity index (χ3v) is 2.62. The zero-order chi connectivity index (χ0) is 12.8. The van der Waals surface area contributed by atoms with Crippen LogP contribution in [0.2, 0.25) is 0 Å². The van der Waals surface area contributed by atoms with Gasteiger partial charge in [-0.15, -0.1) is 12.4 Å². The topological polar surface area (TPSA) is 72.9 Å². The molecule has 1 amide bonds. The molecule has 18 heavy (non-hydrogen) atoms. The highest BCUT2D eigenvalue weighted by atomic mass is 35.5. The number of nitrogens with one attached hydrogen (secondary N) is 1. The van der Waals surface area contributed by atoms with Crippen molar-refractivity contribution >= 4 is 24.1 Å². The fourth-order valence-corrected chi connectivity index (χ4v) is 1.68. The minimum absolute atomic E-state index is 0. The van der Waals surface area contributed by atoms with E-state index in [1.165, 1.54) is 0 Å². The molecule has 0 fully saturated rings. The number of aromatic nitrogens is 2. The van der Waals surface area contributed by atoms with Gasteiger partial charge >= 0.3 is 0 Å². The maximum Gasteiger partial charge on any atom is 0.242 e. The molecule has 1 aromatic rings. The number of halogens is 1. The number of anilines is 1. The average Bonchev–Trinajstić information content (AvgIpc) is 2.60. The number of carbonyl (C=O) groups excluding carboxylic acids is 1. The maximum absolute atomic E-state index is 11.7. The van der Waals surface area contributed by atoms with Crippen molar-refractivity contribution in [2.45, 2.75) is 45.6 Å². The second-order valence-corrected chi connectivity index (χ2v) is 4.28. The molecule has 6 heteroatoms. The summed E-state index contributed by atoms with van der Waals surface area (Å²) in [4.78, 5) is 11.7. The first-order valence-corrected chi connectivity index (χ1v) is 6.17. The molecule has 3 N–H and O–H groups in total. The number of rotatable bonds is 6. The summed E-state index contributed by atoms with van der Waals surface area (Å²) >= 11 is 0. The lowest BCUT2D eigenvalue weighted by atomic mass is 10.2. The third kappa shape index (κ3) is 4.66. The van der Waals surface area contributed by atoms with Crippen LogP contribution in [0.25, 0.3) is 0 Å². The van der Waals surface area contributed by atoms with Gasteiger partial charge in [0.1, 0.15) is 5.82 Å². The predicted molar refractivity (Wildman–Crippen MR) is 76.0 cm³/mol. The van der Waals surface area contributed by atoms with Crippen molar-refractivity contribution in [3.05, 3.63) is 11.8 Å². The number of hydrogen-bond donors (Lipinski definition) is 2. The van der Waals surface area contributed by atoms with Crippen LogP contribution >= 0.6 is 12.4 Å². The molecule has 5 nitrogen and oxygen atoms in total. The van der Waals surface area contributed by atoms with E-state index in [9.17, 15) is 4.79 Å². The van der Waals surface area contributed by atoms with Crippen molar-refractivity contribution in [2.24, 2.45) is 12.8 Å². The summed E-state index contributed by atoms with van der Waals surface area (Å²) in [5, 5.41) is 7.13. The molecule has 0 aliphatic carbocycles. The average molecular weight is 275 g/mol. The fraction of sp³-hybridized carbons (Fsp3) is 0.667. The van der Waals surface area contributed by atoms with Gasteiger partial charge in [-0.3, -0.25) is 9.48 Å². The Morgan fingerprint density at radius 3 is 2.72 bits per heavy atom. The van der Waals surface area contributed by atoms with Gasteiger partial charge in [0.25, 0.3) is 0 Å². The molecule has 0 spiro atoms. The molecule has 1 atom stereocenters. The van der Waals surface area contributed by atoms with Gasteiger partial charge in [-0.05, 0) is 12.8 Å². The number of nitrogens with two attached hydrogens (primary N) is 1. The van der Waals surface area contributed by atoms with E-state index in [1.807, 2.05) is 20.0 Å². The van der Waals surface area contributed by atoms with Gasteiger partial charge in [-0.2, -0.15) is 5.10 Å². The van der Waals surface area contributed by atoms with E-state index < -0.39 is 6.04 Å². The molecule has 1 heterocycles. The summed E-state index contributed by atoms with van der Waals surface area (Å²) in [5.41, 5.74) is 6.74. The highest BCUT2D eigenvalue weighted by Crippen LogP contribution is 2.11. The molecule has 0 radical (unpaired) electrons. The Balaban J connectivity index is 0.00000289. The smallest absolute Gasteiger partial charge is 0.242 e. The Labute approximate surface area is 115 Å². The largest absolute Gasteiger partial charge is 0.320 e. The van der Waals surface area contributed by atoms with Crippen molar-refractivity contribution in [3.63, 3.8) is 0 Å². The lowest BCUT2D eigenvalue weighted by molar-refractivity contribution is -0.117. The van der Waals surface area contributed by atoms with E-state index in [0.717, 1.165) is 25.0 Å². The van der Waals surface area contributed by atoms with Crippen LogP contribution in [-0.4, -0.2) is 21.7 Å². The van der Waals surface area contributed by atoms with E-state index in [-0.39, 0.29) is 18.3 Å². The quantitative estimate of drug-likeness (QED) is 0.832. The molecule has 0 aliphatic rings. The molecule has 0 saturated carbocycles. The van der Waals surface area contributed by atoms with E-state index in [1.54, 1.807) is 4.68 Å². The van der Waals surface area contributed by atoms with Gasteiger partial charge in [-0.1, -0.05) is 26.7 Å². The van der Waals surface area contributed by atoms with Gasteiger partial charge in [0, 0.05) is 13.1 Å². The van der Waals surface area contributed by atoms with Crippen LogP contribution in [0.3, 0.4) is 0 Å². The minimum atomic E-state index is -0.440. The zero-order valence-electron chi connectivity index (χ0n) is 11.3. The lowest BCUT2D eigenvalue weighted by Crippen LogP contribution is -2.35. The summed E-state index contributed by atoms with van der Waals surface area (Å²) in [5.74, 6) is 0.572. The van der Waals surface area contributed by atoms with Gasteiger partial charge in [0.2, 0.25) is 5.91 Å². The molecule has 0 aromatic carbocycles. The Hall–Kier alpha value is -1.07. The van der Waals surface area contributed by atoms with Crippen LogP contribution in [0.4, 0.5) is 5.82 Å². The van der Waals surface area contributed by atoms with Crippen LogP contribution in [-0.2, 0) is 18.3 Å². The molecular weight excluding hydrogens is 252 g/mol. The van der Waals surface area contributed by atoms with Gasteiger partial charge < -0.3 is 11.1 Å². The van der Waals surface area contributed by atoms with Crippen molar-refractivity contribution in [1.82, 2.24) is 9.78 Å². The molecule has 1 rings (SSSR count). The molecule has 1 aromatic heterocycles. The summed E-state index contributed by atoms with van der Waals surface area (Å²) < 4.78 is 1.68. The maximum atomic E-state index is 11.7. The Kier molecular flexibility index (Phi) is 7.62. The summed E-state index contributed by atoms with van der Waals surface area (Å²) in [6, 6.07) is 1.46.